The smallest absolute Gasteiger partial charge is 0.305 e. The lowest BCUT2D eigenvalue weighted by atomic mass is 9.87. The molecule has 0 saturated carbocycles. The quantitative estimate of drug-likeness (QED) is 0.775. The molecule has 122 valence electrons. The number of halogens is 1. The molecule has 1 rings (SSSR count). The van der Waals surface area contributed by atoms with Crippen LogP contribution in [0.5, 0.6) is 0 Å². The van der Waals surface area contributed by atoms with E-state index in [1.165, 1.54) is 12.1 Å². The van der Waals surface area contributed by atoms with Crippen molar-refractivity contribution in [2.75, 3.05) is 0 Å². The van der Waals surface area contributed by atoms with Crippen LogP contribution in [0.15, 0.2) is 24.3 Å². The molecule has 0 bridgehead atoms. The first-order valence-corrected chi connectivity index (χ1v) is 7.60. The second-order valence-electron chi connectivity index (χ2n) is 5.78. The largest absolute Gasteiger partial charge is 0.481 e. The molecular weight excluding hydrogens is 285 g/mol. The van der Waals surface area contributed by atoms with Crippen molar-refractivity contribution in [3.63, 3.8) is 0 Å². The van der Waals surface area contributed by atoms with E-state index in [1.807, 2.05) is 13.8 Å². The van der Waals surface area contributed by atoms with Crippen LogP contribution in [-0.2, 0) is 16.0 Å². The minimum Gasteiger partial charge on any atom is -0.481 e. The summed E-state index contributed by atoms with van der Waals surface area (Å²) in [5.74, 6) is -1.81. The average molecular weight is 309 g/mol. The summed E-state index contributed by atoms with van der Waals surface area (Å²) < 4.78 is 13.2. The van der Waals surface area contributed by atoms with Gasteiger partial charge in [0, 0.05) is 11.5 Å². The Balaban J connectivity index is 2.74. The molecule has 0 radical (unpaired) electrons. The summed E-state index contributed by atoms with van der Waals surface area (Å²) in [7, 11) is 0. The van der Waals surface area contributed by atoms with E-state index >= 15 is 0 Å². The minimum absolute atomic E-state index is 0.0988. The molecule has 1 unspecified atom stereocenters. The maximum atomic E-state index is 13.2. The van der Waals surface area contributed by atoms with Crippen LogP contribution < -0.4 is 5.32 Å². The highest BCUT2D eigenvalue weighted by Gasteiger charge is 2.32. The molecule has 4 nitrogen and oxygen atoms in total. The van der Waals surface area contributed by atoms with E-state index in [0.29, 0.717) is 19.3 Å². The van der Waals surface area contributed by atoms with Gasteiger partial charge in [0.2, 0.25) is 5.91 Å². The number of carboxylic acid groups (broad SMARTS) is 1. The molecular formula is C17H24FNO3. The summed E-state index contributed by atoms with van der Waals surface area (Å²) in [5, 5.41) is 11.9. The first kappa shape index (κ1) is 18.1. The lowest BCUT2D eigenvalue weighted by Crippen LogP contribution is -2.51. The number of carbonyl (C=O) groups is 2. The van der Waals surface area contributed by atoms with Gasteiger partial charge < -0.3 is 10.4 Å². The summed E-state index contributed by atoms with van der Waals surface area (Å²) in [5.41, 5.74) is 0.0264. The van der Waals surface area contributed by atoms with Crippen molar-refractivity contribution in [1.82, 2.24) is 5.32 Å². The summed E-state index contributed by atoms with van der Waals surface area (Å²) in [6.45, 7) is 5.49. The summed E-state index contributed by atoms with van der Waals surface area (Å²) >= 11 is 0. The fraction of sp³-hybridized carbons (Fsp3) is 0.529. The zero-order chi connectivity index (χ0) is 16.8. The van der Waals surface area contributed by atoms with Gasteiger partial charge in [-0.05, 0) is 37.0 Å². The third-order valence-corrected chi connectivity index (χ3v) is 4.11. The number of rotatable bonds is 8. The summed E-state index contributed by atoms with van der Waals surface area (Å²) in [4.78, 5) is 23.4. The zero-order valence-corrected chi connectivity index (χ0v) is 13.4. The Morgan fingerprint density at radius 2 is 1.95 bits per heavy atom. The number of aliphatic carboxylic acids is 1. The van der Waals surface area contributed by atoms with E-state index in [4.69, 9.17) is 5.11 Å². The van der Waals surface area contributed by atoms with E-state index < -0.39 is 11.5 Å². The Labute approximate surface area is 130 Å². The highest BCUT2D eigenvalue weighted by atomic mass is 19.1. The molecule has 1 aromatic rings. The molecule has 0 saturated heterocycles. The highest BCUT2D eigenvalue weighted by Crippen LogP contribution is 2.21. The lowest BCUT2D eigenvalue weighted by Gasteiger charge is -2.32. The van der Waals surface area contributed by atoms with Gasteiger partial charge in [0.1, 0.15) is 5.82 Å². The Kier molecular flexibility index (Phi) is 6.53. The van der Waals surface area contributed by atoms with Crippen molar-refractivity contribution >= 4 is 11.9 Å². The van der Waals surface area contributed by atoms with Crippen molar-refractivity contribution in [3.8, 4) is 0 Å². The van der Waals surface area contributed by atoms with Crippen LogP contribution in [0.3, 0.4) is 0 Å². The van der Waals surface area contributed by atoms with Gasteiger partial charge in [-0.25, -0.2) is 4.39 Å². The van der Waals surface area contributed by atoms with Crippen molar-refractivity contribution in [2.45, 2.75) is 52.0 Å². The molecule has 5 heteroatoms. The van der Waals surface area contributed by atoms with E-state index in [-0.39, 0.29) is 24.1 Å². The van der Waals surface area contributed by atoms with Crippen LogP contribution in [0, 0.1) is 11.7 Å². The van der Waals surface area contributed by atoms with E-state index in [1.54, 1.807) is 19.1 Å². The lowest BCUT2D eigenvalue weighted by molar-refractivity contribution is -0.139. The second-order valence-corrected chi connectivity index (χ2v) is 5.78. The number of hydrogen-bond acceptors (Lipinski definition) is 2. The maximum Gasteiger partial charge on any atom is 0.305 e. The minimum atomic E-state index is -0.929. The van der Waals surface area contributed by atoms with Crippen LogP contribution in [0.1, 0.15) is 45.6 Å². The molecule has 0 spiro atoms. The molecule has 22 heavy (non-hydrogen) atoms. The molecule has 1 aromatic carbocycles. The number of amides is 1. The third-order valence-electron chi connectivity index (χ3n) is 4.11. The van der Waals surface area contributed by atoms with Gasteiger partial charge in [-0.3, -0.25) is 9.59 Å². The van der Waals surface area contributed by atoms with E-state index in [9.17, 15) is 14.0 Å². The summed E-state index contributed by atoms with van der Waals surface area (Å²) in [6, 6.07) is 6.16. The predicted molar refractivity (Wildman–Crippen MR) is 83.0 cm³/mol. The van der Waals surface area contributed by atoms with Crippen molar-refractivity contribution in [2.24, 2.45) is 5.92 Å². The number of carboxylic acids is 1. The van der Waals surface area contributed by atoms with Crippen molar-refractivity contribution in [3.05, 3.63) is 35.6 Å². The molecule has 0 aliphatic heterocycles. The van der Waals surface area contributed by atoms with Crippen molar-refractivity contribution < 1.29 is 19.1 Å². The molecule has 0 aromatic heterocycles. The molecule has 0 aliphatic carbocycles. The molecule has 2 N–H and O–H groups in total. The monoisotopic (exact) mass is 309 g/mol. The normalized spacial score (nSPS) is 12.7. The van der Waals surface area contributed by atoms with Gasteiger partial charge >= 0.3 is 5.97 Å². The van der Waals surface area contributed by atoms with E-state index in [0.717, 1.165) is 5.56 Å². The number of hydrogen-bond donors (Lipinski definition) is 2. The molecule has 1 atom stereocenters. The van der Waals surface area contributed by atoms with Crippen molar-refractivity contribution in [1.29, 1.82) is 0 Å². The predicted octanol–water partition coefficient (Wildman–Crippen LogP) is 3.15. The maximum absolute atomic E-state index is 13.2. The topological polar surface area (TPSA) is 66.4 Å². The summed E-state index contributed by atoms with van der Waals surface area (Å²) in [6.07, 6.45) is 1.42. The average Bonchev–Trinajstić information content (AvgIpc) is 2.45. The first-order valence-electron chi connectivity index (χ1n) is 7.60. The number of benzene rings is 1. The van der Waals surface area contributed by atoms with Gasteiger partial charge in [-0.2, -0.15) is 0 Å². The SMILES string of the molecule is CCC(CC)(CC(=O)O)NC(=O)C(C)Cc1cccc(F)c1. The van der Waals surface area contributed by atoms with Crippen LogP contribution in [-0.4, -0.2) is 22.5 Å². The second kappa shape index (κ2) is 7.92. The van der Waals surface area contributed by atoms with E-state index in [2.05, 4.69) is 5.32 Å². The number of nitrogens with one attached hydrogen (secondary N) is 1. The van der Waals surface area contributed by atoms with Crippen LogP contribution in [0.4, 0.5) is 4.39 Å². The highest BCUT2D eigenvalue weighted by molar-refractivity contribution is 5.80. The van der Waals surface area contributed by atoms with Gasteiger partial charge in [-0.15, -0.1) is 0 Å². The van der Waals surface area contributed by atoms with Gasteiger partial charge in [-0.1, -0.05) is 32.9 Å². The Hall–Kier alpha value is -1.91. The fourth-order valence-electron chi connectivity index (χ4n) is 2.51. The van der Waals surface area contributed by atoms with Crippen LogP contribution >= 0.6 is 0 Å². The Morgan fingerprint density at radius 1 is 1.32 bits per heavy atom. The Bertz CT molecular complexity index is 526. The first-order chi connectivity index (χ1) is 10.3. The Morgan fingerprint density at radius 3 is 2.45 bits per heavy atom. The molecule has 0 aliphatic rings. The van der Waals surface area contributed by atoms with Gasteiger partial charge in [0.15, 0.2) is 0 Å². The molecule has 0 heterocycles. The van der Waals surface area contributed by atoms with Gasteiger partial charge in [0.05, 0.1) is 6.42 Å². The fourth-order valence-corrected chi connectivity index (χ4v) is 2.51. The standard InChI is InChI=1S/C17H24FNO3/c1-4-17(5-2,11-15(20)21)19-16(22)12(3)9-13-7-6-8-14(18)10-13/h6-8,10,12H,4-5,9,11H2,1-3H3,(H,19,22)(H,20,21). The molecule has 1 amide bonds. The number of carbonyl (C=O) groups excluding carboxylic acids is 1. The van der Waals surface area contributed by atoms with Gasteiger partial charge in [0.25, 0.3) is 0 Å². The zero-order valence-electron chi connectivity index (χ0n) is 13.4. The van der Waals surface area contributed by atoms with Crippen LogP contribution in [0.2, 0.25) is 0 Å². The third kappa shape index (κ3) is 5.13. The van der Waals surface area contributed by atoms with Crippen LogP contribution in [0.25, 0.3) is 0 Å². The molecule has 0 fully saturated rings.